The highest BCUT2D eigenvalue weighted by atomic mass is 19.1. The second kappa shape index (κ2) is 6.23. The van der Waals surface area contributed by atoms with Crippen LogP contribution in [0.25, 0.3) is 0 Å². The van der Waals surface area contributed by atoms with Crippen molar-refractivity contribution in [3.8, 4) is 0 Å². The van der Waals surface area contributed by atoms with Crippen LogP contribution in [0.15, 0.2) is 18.2 Å². The van der Waals surface area contributed by atoms with Gasteiger partial charge in [-0.2, -0.15) is 0 Å². The van der Waals surface area contributed by atoms with Gasteiger partial charge in [-0.05, 0) is 43.0 Å². The van der Waals surface area contributed by atoms with E-state index in [1.807, 2.05) is 19.2 Å². The first-order valence-corrected chi connectivity index (χ1v) is 7.54. The van der Waals surface area contributed by atoms with E-state index in [1.54, 1.807) is 6.07 Å². The van der Waals surface area contributed by atoms with E-state index >= 15 is 0 Å². The molecule has 0 amide bonds. The number of nitrogens with zero attached hydrogens (tertiary/aromatic N) is 1. The fraction of sp³-hybridized carbons (Fsp3) is 0.647. The van der Waals surface area contributed by atoms with Crippen LogP contribution in [0.1, 0.15) is 38.3 Å². The van der Waals surface area contributed by atoms with E-state index in [2.05, 4.69) is 31.0 Å². The predicted octanol–water partition coefficient (Wildman–Crippen LogP) is 3.41. The SMILES string of the molecule is CNCc1ccc(F)c(CN2CCC(C(C)(C)C)C2)c1. The van der Waals surface area contributed by atoms with E-state index in [4.69, 9.17) is 0 Å². The Bertz CT molecular complexity index is 451. The van der Waals surface area contributed by atoms with Crippen molar-refractivity contribution in [2.24, 2.45) is 11.3 Å². The van der Waals surface area contributed by atoms with E-state index in [9.17, 15) is 4.39 Å². The van der Waals surface area contributed by atoms with Gasteiger partial charge in [-0.25, -0.2) is 4.39 Å². The number of likely N-dealkylation sites (tertiary alicyclic amines) is 1. The molecule has 1 N–H and O–H groups in total. The van der Waals surface area contributed by atoms with E-state index in [-0.39, 0.29) is 5.82 Å². The van der Waals surface area contributed by atoms with Crippen molar-refractivity contribution in [3.63, 3.8) is 0 Å². The molecule has 1 heterocycles. The summed E-state index contributed by atoms with van der Waals surface area (Å²) in [6.07, 6.45) is 1.22. The maximum absolute atomic E-state index is 13.9. The summed E-state index contributed by atoms with van der Waals surface area (Å²) in [5.74, 6) is 0.634. The molecule has 1 saturated heterocycles. The number of benzene rings is 1. The van der Waals surface area contributed by atoms with Gasteiger partial charge in [0, 0.05) is 25.2 Å². The fourth-order valence-electron chi connectivity index (χ4n) is 2.99. The monoisotopic (exact) mass is 278 g/mol. The lowest BCUT2D eigenvalue weighted by atomic mass is 9.80. The summed E-state index contributed by atoms with van der Waals surface area (Å²) in [5, 5.41) is 3.12. The average Bonchev–Trinajstić information content (AvgIpc) is 2.82. The molecule has 0 radical (unpaired) electrons. The lowest BCUT2D eigenvalue weighted by Crippen LogP contribution is -2.26. The lowest BCUT2D eigenvalue weighted by Gasteiger charge is -2.27. The third kappa shape index (κ3) is 3.80. The van der Waals surface area contributed by atoms with Gasteiger partial charge in [0.25, 0.3) is 0 Å². The van der Waals surface area contributed by atoms with Gasteiger partial charge in [0.2, 0.25) is 0 Å². The minimum Gasteiger partial charge on any atom is -0.316 e. The van der Waals surface area contributed by atoms with E-state index < -0.39 is 0 Å². The van der Waals surface area contributed by atoms with Crippen LogP contribution in [-0.4, -0.2) is 25.0 Å². The lowest BCUT2D eigenvalue weighted by molar-refractivity contribution is 0.225. The smallest absolute Gasteiger partial charge is 0.127 e. The Labute approximate surface area is 122 Å². The average molecular weight is 278 g/mol. The fourth-order valence-corrected chi connectivity index (χ4v) is 2.99. The first-order chi connectivity index (χ1) is 9.40. The van der Waals surface area contributed by atoms with E-state index in [1.165, 1.54) is 6.42 Å². The Balaban J connectivity index is 2.02. The molecule has 1 unspecified atom stereocenters. The molecule has 3 heteroatoms. The second-order valence-corrected chi connectivity index (χ2v) is 7.04. The third-order valence-electron chi connectivity index (χ3n) is 4.38. The number of halogens is 1. The zero-order valence-electron chi connectivity index (χ0n) is 13.2. The van der Waals surface area contributed by atoms with Crippen LogP contribution in [0, 0.1) is 17.2 Å². The summed E-state index contributed by atoms with van der Waals surface area (Å²) < 4.78 is 13.9. The van der Waals surface area contributed by atoms with Gasteiger partial charge < -0.3 is 5.32 Å². The van der Waals surface area contributed by atoms with Crippen molar-refractivity contribution < 1.29 is 4.39 Å². The second-order valence-electron chi connectivity index (χ2n) is 7.04. The van der Waals surface area contributed by atoms with Crippen molar-refractivity contribution in [1.82, 2.24) is 10.2 Å². The molecular weight excluding hydrogens is 251 g/mol. The van der Waals surface area contributed by atoms with Gasteiger partial charge in [0.1, 0.15) is 5.82 Å². The highest BCUT2D eigenvalue weighted by Gasteiger charge is 2.31. The maximum atomic E-state index is 13.9. The molecular formula is C17H27FN2. The molecule has 112 valence electrons. The molecule has 0 spiro atoms. The number of hydrogen-bond donors (Lipinski definition) is 1. The summed E-state index contributed by atoms with van der Waals surface area (Å²) in [7, 11) is 1.91. The van der Waals surface area contributed by atoms with Crippen LogP contribution in [0.5, 0.6) is 0 Å². The zero-order chi connectivity index (χ0) is 14.8. The predicted molar refractivity (Wildman–Crippen MR) is 82.0 cm³/mol. The molecule has 1 fully saturated rings. The molecule has 1 aromatic rings. The van der Waals surface area contributed by atoms with Crippen molar-refractivity contribution in [2.45, 2.75) is 40.3 Å². The van der Waals surface area contributed by atoms with E-state index in [0.717, 1.165) is 37.3 Å². The Morgan fingerprint density at radius 2 is 2.10 bits per heavy atom. The first kappa shape index (κ1) is 15.5. The molecule has 2 nitrogen and oxygen atoms in total. The molecule has 1 aliphatic heterocycles. The summed E-state index contributed by atoms with van der Waals surface area (Å²) in [4.78, 5) is 2.39. The van der Waals surface area contributed by atoms with E-state index in [0.29, 0.717) is 11.3 Å². The summed E-state index contributed by atoms with van der Waals surface area (Å²) in [6, 6.07) is 5.45. The van der Waals surface area contributed by atoms with Crippen LogP contribution in [0.4, 0.5) is 4.39 Å². The molecule has 0 aliphatic carbocycles. The summed E-state index contributed by atoms with van der Waals surface area (Å²) in [5.41, 5.74) is 2.32. The van der Waals surface area contributed by atoms with Gasteiger partial charge in [0.15, 0.2) is 0 Å². The molecule has 2 rings (SSSR count). The van der Waals surface area contributed by atoms with Crippen LogP contribution < -0.4 is 5.32 Å². The quantitative estimate of drug-likeness (QED) is 0.908. The van der Waals surface area contributed by atoms with Crippen LogP contribution >= 0.6 is 0 Å². The normalized spacial score (nSPS) is 20.6. The van der Waals surface area contributed by atoms with Gasteiger partial charge >= 0.3 is 0 Å². The molecule has 0 aromatic heterocycles. The molecule has 1 atom stereocenters. The molecule has 1 aromatic carbocycles. The number of hydrogen-bond acceptors (Lipinski definition) is 2. The summed E-state index contributed by atoms with van der Waals surface area (Å²) >= 11 is 0. The highest BCUT2D eigenvalue weighted by Crippen LogP contribution is 2.34. The van der Waals surface area contributed by atoms with Crippen LogP contribution in [0.2, 0.25) is 0 Å². The standard InChI is InChI=1S/C17H27FN2/c1-17(2,3)15-7-8-20(12-15)11-14-9-13(10-19-4)5-6-16(14)18/h5-6,9,15,19H,7-8,10-12H2,1-4H3. The van der Waals surface area contributed by atoms with Gasteiger partial charge in [-0.15, -0.1) is 0 Å². The molecule has 1 aliphatic rings. The Kier molecular flexibility index (Phi) is 4.82. The van der Waals surface area contributed by atoms with Crippen LogP contribution in [-0.2, 0) is 13.1 Å². The van der Waals surface area contributed by atoms with Gasteiger partial charge in [-0.1, -0.05) is 32.9 Å². The maximum Gasteiger partial charge on any atom is 0.127 e. The minimum absolute atomic E-state index is 0.0796. The Morgan fingerprint density at radius 3 is 2.70 bits per heavy atom. The topological polar surface area (TPSA) is 15.3 Å². The largest absolute Gasteiger partial charge is 0.316 e. The van der Waals surface area contributed by atoms with Crippen LogP contribution in [0.3, 0.4) is 0 Å². The van der Waals surface area contributed by atoms with Gasteiger partial charge in [0.05, 0.1) is 0 Å². The number of nitrogens with one attached hydrogen (secondary N) is 1. The first-order valence-electron chi connectivity index (χ1n) is 7.54. The minimum atomic E-state index is -0.0796. The Hall–Kier alpha value is -0.930. The molecule has 0 saturated carbocycles. The van der Waals surface area contributed by atoms with Gasteiger partial charge in [-0.3, -0.25) is 4.90 Å². The molecule has 20 heavy (non-hydrogen) atoms. The third-order valence-corrected chi connectivity index (χ3v) is 4.38. The highest BCUT2D eigenvalue weighted by molar-refractivity contribution is 5.25. The van der Waals surface area contributed by atoms with Crippen molar-refractivity contribution in [2.75, 3.05) is 20.1 Å². The number of rotatable bonds is 4. The zero-order valence-corrected chi connectivity index (χ0v) is 13.2. The molecule has 0 bridgehead atoms. The van der Waals surface area contributed by atoms with Crippen molar-refractivity contribution in [1.29, 1.82) is 0 Å². The summed E-state index contributed by atoms with van der Waals surface area (Å²) in [6.45, 7) is 10.6. The Morgan fingerprint density at radius 1 is 1.35 bits per heavy atom. The van der Waals surface area contributed by atoms with Crippen molar-refractivity contribution >= 4 is 0 Å². The van der Waals surface area contributed by atoms with Crippen molar-refractivity contribution in [3.05, 3.63) is 35.1 Å².